The molecule has 1 fully saturated rings. The van der Waals surface area contributed by atoms with Crippen LogP contribution in [0.4, 0.5) is 0 Å². The van der Waals surface area contributed by atoms with Gasteiger partial charge in [-0.05, 0) is 6.42 Å². The summed E-state index contributed by atoms with van der Waals surface area (Å²) in [5.74, 6) is -0.220. The highest BCUT2D eigenvalue weighted by Crippen LogP contribution is 2.17. The van der Waals surface area contributed by atoms with E-state index in [1.165, 1.54) is 4.90 Å². The zero-order valence-corrected chi connectivity index (χ0v) is 9.34. The van der Waals surface area contributed by atoms with Crippen molar-refractivity contribution in [2.45, 2.75) is 11.2 Å². The number of sulfonamides is 1. The fourth-order valence-corrected chi connectivity index (χ4v) is 2.13. The molecule has 0 bridgehead atoms. The van der Waals surface area contributed by atoms with Crippen LogP contribution in [0.5, 0.6) is 0 Å². The lowest BCUT2D eigenvalue weighted by Crippen LogP contribution is -2.34. The number of nitrogens with zero attached hydrogens (tertiary/aromatic N) is 1. The number of carbonyl (C=O) groups excluding carboxylic acids is 1. The first-order chi connectivity index (χ1) is 5.90. The lowest BCUT2D eigenvalue weighted by Gasteiger charge is -2.14. The van der Waals surface area contributed by atoms with Gasteiger partial charge in [0.25, 0.3) is 0 Å². The molecule has 13 heavy (non-hydrogen) atoms. The van der Waals surface area contributed by atoms with Crippen molar-refractivity contribution in [1.82, 2.24) is 4.90 Å². The Bertz CT molecular complexity index is 303. The highest BCUT2D eigenvalue weighted by molar-refractivity contribution is 9.10. The van der Waals surface area contributed by atoms with Gasteiger partial charge in [-0.3, -0.25) is 4.79 Å². The third-order valence-corrected chi connectivity index (χ3v) is 3.48. The van der Waals surface area contributed by atoms with E-state index < -0.39 is 10.0 Å². The Morgan fingerprint density at radius 2 is 2.23 bits per heavy atom. The number of nitrogens with two attached hydrogens (primary N) is 1. The number of hydrogen-bond acceptors (Lipinski definition) is 3. The molecule has 5 nitrogen and oxygen atoms in total. The zero-order chi connectivity index (χ0) is 10.1. The molecular formula is C6H11BrN2O3S. The van der Waals surface area contributed by atoms with E-state index in [0.29, 0.717) is 6.54 Å². The van der Waals surface area contributed by atoms with Crippen molar-refractivity contribution in [3.05, 3.63) is 0 Å². The van der Waals surface area contributed by atoms with Gasteiger partial charge in [0, 0.05) is 13.1 Å². The second-order valence-electron chi connectivity index (χ2n) is 2.95. The molecule has 0 spiro atoms. The third kappa shape index (κ3) is 3.24. The van der Waals surface area contributed by atoms with Crippen molar-refractivity contribution in [3.63, 3.8) is 0 Å². The van der Waals surface area contributed by atoms with Gasteiger partial charge >= 0.3 is 0 Å². The van der Waals surface area contributed by atoms with Crippen molar-refractivity contribution < 1.29 is 13.2 Å². The zero-order valence-electron chi connectivity index (χ0n) is 6.94. The van der Waals surface area contributed by atoms with E-state index in [9.17, 15) is 13.2 Å². The number of primary sulfonamides is 1. The van der Waals surface area contributed by atoms with Crippen LogP contribution in [0, 0.1) is 0 Å². The maximum atomic E-state index is 11.3. The molecule has 1 atom stereocenters. The Hall–Kier alpha value is -0.140. The van der Waals surface area contributed by atoms with E-state index in [1.807, 2.05) is 0 Å². The predicted molar refractivity (Wildman–Crippen MR) is 51.9 cm³/mol. The van der Waals surface area contributed by atoms with Crippen LogP contribution < -0.4 is 5.14 Å². The first-order valence-electron chi connectivity index (χ1n) is 3.83. The fraction of sp³-hybridized carbons (Fsp3) is 0.833. The molecule has 1 aliphatic rings. The van der Waals surface area contributed by atoms with Crippen LogP contribution in [0.1, 0.15) is 6.42 Å². The minimum absolute atomic E-state index is 0.0522. The minimum atomic E-state index is -3.46. The molecule has 1 amide bonds. The van der Waals surface area contributed by atoms with Crippen molar-refractivity contribution in [1.29, 1.82) is 0 Å². The standard InChI is InChI=1S/C6H11BrN2O3S/c7-5-1-2-9(6(5)10)3-4-13(8,11)12/h5H,1-4H2,(H2,8,11,12). The van der Waals surface area contributed by atoms with Crippen LogP contribution in [-0.4, -0.2) is 42.9 Å². The summed E-state index contributed by atoms with van der Waals surface area (Å²) in [5.41, 5.74) is 0. The van der Waals surface area contributed by atoms with E-state index in [-0.39, 0.29) is 23.0 Å². The molecule has 1 heterocycles. The maximum Gasteiger partial charge on any atom is 0.236 e. The highest BCUT2D eigenvalue weighted by Gasteiger charge is 2.29. The van der Waals surface area contributed by atoms with Gasteiger partial charge in [0.05, 0.1) is 10.6 Å². The van der Waals surface area contributed by atoms with E-state index in [0.717, 1.165) is 6.42 Å². The summed E-state index contributed by atoms with van der Waals surface area (Å²) in [6.45, 7) is 0.796. The molecule has 0 radical (unpaired) electrons. The monoisotopic (exact) mass is 270 g/mol. The van der Waals surface area contributed by atoms with Crippen LogP contribution in [-0.2, 0) is 14.8 Å². The molecule has 0 aromatic rings. The molecule has 7 heteroatoms. The molecule has 1 saturated heterocycles. The maximum absolute atomic E-state index is 11.3. The van der Waals surface area contributed by atoms with Crippen LogP contribution in [0.25, 0.3) is 0 Å². The first-order valence-corrected chi connectivity index (χ1v) is 6.46. The van der Waals surface area contributed by atoms with E-state index in [2.05, 4.69) is 15.9 Å². The van der Waals surface area contributed by atoms with Gasteiger partial charge in [0.2, 0.25) is 15.9 Å². The Labute approximate surface area is 85.4 Å². The smallest absolute Gasteiger partial charge is 0.236 e. The quantitative estimate of drug-likeness (QED) is 0.687. The Balaban J connectivity index is 2.44. The molecule has 1 unspecified atom stereocenters. The summed E-state index contributed by atoms with van der Waals surface area (Å²) in [7, 11) is -3.46. The molecule has 0 aliphatic carbocycles. The molecule has 0 saturated carbocycles. The number of amides is 1. The number of hydrogen-bond donors (Lipinski definition) is 1. The van der Waals surface area contributed by atoms with E-state index in [4.69, 9.17) is 5.14 Å². The number of rotatable bonds is 3. The second kappa shape index (κ2) is 3.93. The summed E-state index contributed by atoms with van der Waals surface area (Å²) < 4.78 is 21.2. The van der Waals surface area contributed by atoms with Gasteiger partial charge in [-0.15, -0.1) is 0 Å². The summed E-state index contributed by atoms with van der Waals surface area (Å²) >= 11 is 3.19. The SMILES string of the molecule is NS(=O)(=O)CCN1CCC(Br)C1=O. The predicted octanol–water partition coefficient (Wildman–Crippen LogP) is -0.729. The molecule has 0 aromatic heterocycles. The van der Waals surface area contributed by atoms with Gasteiger partial charge in [-0.2, -0.15) is 0 Å². The first kappa shape index (κ1) is 10.9. The van der Waals surface area contributed by atoms with Gasteiger partial charge in [0.1, 0.15) is 0 Å². The number of alkyl halides is 1. The Morgan fingerprint density at radius 3 is 2.62 bits per heavy atom. The third-order valence-electron chi connectivity index (χ3n) is 1.88. The Morgan fingerprint density at radius 1 is 1.62 bits per heavy atom. The van der Waals surface area contributed by atoms with Crippen LogP contribution in [0.15, 0.2) is 0 Å². The minimum Gasteiger partial charge on any atom is -0.341 e. The molecule has 2 N–H and O–H groups in total. The van der Waals surface area contributed by atoms with Gasteiger partial charge in [-0.25, -0.2) is 13.6 Å². The van der Waals surface area contributed by atoms with Crippen molar-refractivity contribution in [2.75, 3.05) is 18.8 Å². The lowest BCUT2D eigenvalue weighted by molar-refractivity contribution is -0.126. The summed E-state index contributed by atoms with van der Waals surface area (Å²) in [4.78, 5) is 12.6. The summed E-state index contributed by atoms with van der Waals surface area (Å²) in [6, 6.07) is 0. The molecule has 76 valence electrons. The van der Waals surface area contributed by atoms with Crippen LogP contribution in [0.3, 0.4) is 0 Å². The fourth-order valence-electron chi connectivity index (χ4n) is 1.16. The molecule has 0 aromatic carbocycles. The molecule has 1 aliphatic heterocycles. The molecule has 1 rings (SSSR count). The largest absolute Gasteiger partial charge is 0.341 e. The molecular weight excluding hydrogens is 260 g/mol. The number of likely N-dealkylation sites (tertiary alicyclic amines) is 1. The summed E-state index contributed by atoms with van der Waals surface area (Å²) in [6.07, 6.45) is 0.726. The van der Waals surface area contributed by atoms with Crippen molar-refractivity contribution in [2.24, 2.45) is 5.14 Å². The lowest BCUT2D eigenvalue weighted by atomic mass is 10.4. The topological polar surface area (TPSA) is 80.5 Å². The van der Waals surface area contributed by atoms with Crippen molar-refractivity contribution >= 4 is 31.9 Å². The highest BCUT2D eigenvalue weighted by atomic mass is 79.9. The van der Waals surface area contributed by atoms with Gasteiger partial charge < -0.3 is 4.90 Å². The van der Waals surface area contributed by atoms with E-state index >= 15 is 0 Å². The van der Waals surface area contributed by atoms with Crippen LogP contribution >= 0.6 is 15.9 Å². The van der Waals surface area contributed by atoms with Crippen LogP contribution in [0.2, 0.25) is 0 Å². The average molecular weight is 271 g/mol. The van der Waals surface area contributed by atoms with Crippen molar-refractivity contribution in [3.8, 4) is 0 Å². The van der Waals surface area contributed by atoms with E-state index in [1.54, 1.807) is 0 Å². The number of halogens is 1. The second-order valence-corrected chi connectivity index (χ2v) is 5.79. The summed E-state index contributed by atoms with van der Waals surface area (Å²) in [5, 5.41) is 4.82. The average Bonchev–Trinajstić information content (AvgIpc) is 2.29. The Kier molecular flexibility index (Phi) is 3.31. The van der Waals surface area contributed by atoms with Gasteiger partial charge in [0.15, 0.2) is 0 Å². The normalized spacial score (nSPS) is 24.0. The van der Waals surface area contributed by atoms with Gasteiger partial charge in [-0.1, -0.05) is 15.9 Å². The number of carbonyl (C=O) groups is 1.